The molecule has 5 fully saturated rings. The fourth-order valence-electron chi connectivity index (χ4n) is 5.88. The standard InChI is InChI=1S/C16H25/c1-2-4-13(5-3-1)16-14-7-11-6-12(9-14)10-15(16)8-11/h11-14,16H,1-10H2. The number of hydrogen-bond donors (Lipinski definition) is 0. The monoisotopic (exact) mass is 217 g/mol. The molecule has 0 amide bonds. The van der Waals surface area contributed by atoms with Crippen LogP contribution in [0.15, 0.2) is 0 Å². The zero-order chi connectivity index (χ0) is 10.5. The van der Waals surface area contributed by atoms with E-state index < -0.39 is 0 Å². The Balaban J connectivity index is 1.55. The average molecular weight is 217 g/mol. The molecule has 1 radical (unpaired) electrons. The summed E-state index contributed by atoms with van der Waals surface area (Å²) in [5, 5.41) is 0. The molecule has 0 heterocycles. The van der Waals surface area contributed by atoms with Gasteiger partial charge >= 0.3 is 0 Å². The van der Waals surface area contributed by atoms with Crippen molar-refractivity contribution < 1.29 is 0 Å². The van der Waals surface area contributed by atoms with Gasteiger partial charge < -0.3 is 0 Å². The van der Waals surface area contributed by atoms with Gasteiger partial charge in [-0.25, -0.2) is 0 Å². The lowest BCUT2D eigenvalue weighted by Crippen LogP contribution is -2.46. The third kappa shape index (κ3) is 1.48. The van der Waals surface area contributed by atoms with Crippen molar-refractivity contribution >= 4 is 0 Å². The maximum atomic E-state index is 2.05. The Labute approximate surface area is 100 Å². The highest BCUT2D eigenvalue weighted by Gasteiger charge is 2.50. The highest BCUT2D eigenvalue weighted by Crippen LogP contribution is 2.60. The number of rotatable bonds is 1. The van der Waals surface area contributed by atoms with E-state index in [1.54, 1.807) is 44.9 Å². The zero-order valence-corrected chi connectivity index (χ0v) is 10.5. The molecule has 0 N–H and O–H groups in total. The van der Waals surface area contributed by atoms with Crippen LogP contribution < -0.4 is 0 Å². The van der Waals surface area contributed by atoms with Crippen LogP contribution in [-0.4, -0.2) is 0 Å². The van der Waals surface area contributed by atoms with E-state index in [1.807, 2.05) is 0 Å². The second kappa shape index (κ2) is 3.75. The fraction of sp³-hybridized carbons (Fsp3) is 0.938. The Hall–Kier alpha value is 0. The molecule has 5 aliphatic rings. The van der Waals surface area contributed by atoms with Gasteiger partial charge in [0.25, 0.3) is 0 Å². The molecule has 0 aromatic heterocycles. The number of hydrogen-bond acceptors (Lipinski definition) is 0. The highest BCUT2D eigenvalue weighted by atomic mass is 14.5. The van der Waals surface area contributed by atoms with Crippen LogP contribution in [-0.2, 0) is 0 Å². The van der Waals surface area contributed by atoms with Crippen LogP contribution in [0.25, 0.3) is 0 Å². The van der Waals surface area contributed by atoms with Crippen LogP contribution in [0.4, 0.5) is 0 Å². The van der Waals surface area contributed by atoms with Gasteiger partial charge in [0.05, 0.1) is 0 Å². The van der Waals surface area contributed by atoms with Gasteiger partial charge in [0, 0.05) is 0 Å². The van der Waals surface area contributed by atoms with Crippen LogP contribution in [0.1, 0.15) is 64.2 Å². The van der Waals surface area contributed by atoms with Crippen LogP contribution in [0.5, 0.6) is 0 Å². The Morgan fingerprint density at radius 3 is 2.00 bits per heavy atom. The maximum Gasteiger partial charge on any atom is -0.0199 e. The normalized spacial score (nSPS) is 48.8. The molecule has 3 atom stereocenters. The highest BCUT2D eigenvalue weighted by molar-refractivity contribution is 5.14. The largest absolute Gasteiger partial charge is 0.0533 e. The first-order valence-corrected chi connectivity index (χ1v) is 7.74. The van der Waals surface area contributed by atoms with E-state index >= 15 is 0 Å². The lowest BCUT2D eigenvalue weighted by molar-refractivity contribution is 0.00704. The van der Waals surface area contributed by atoms with Crippen molar-refractivity contribution in [3.63, 3.8) is 0 Å². The summed E-state index contributed by atoms with van der Waals surface area (Å²) in [6.45, 7) is 0. The van der Waals surface area contributed by atoms with Gasteiger partial charge in [0.15, 0.2) is 0 Å². The molecule has 89 valence electrons. The lowest BCUT2D eigenvalue weighted by atomic mass is 9.48. The van der Waals surface area contributed by atoms with E-state index in [0.717, 1.165) is 29.6 Å². The maximum absolute atomic E-state index is 2.05. The summed E-state index contributed by atoms with van der Waals surface area (Å²) in [5.41, 5.74) is 0. The van der Waals surface area contributed by atoms with Crippen molar-refractivity contribution in [3.05, 3.63) is 5.92 Å². The van der Waals surface area contributed by atoms with Crippen molar-refractivity contribution in [2.24, 2.45) is 29.6 Å². The van der Waals surface area contributed by atoms with Gasteiger partial charge in [0.1, 0.15) is 0 Å². The third-order valence-corrected chi connectivity index (χ3v) is 6.18. The van der Waals surface area contributed by atoms with Gasteiger partial charge in [-0.2, -0.15) is 0 Å². The molecular weight excluding hydrogens is 192 g/mol. The Kier molecular flexibility index (Phi) is 2.34. The molecule has 5 rings (SSSR count). The SMILES string of the molecule is C1CCC(C2[C]3CC4CC(C3)CC2C4)CC1. The lowest BCUT2D eigenvalue weighted by Gasteiger charge is -2.56. The van der Waals surface area contributed by atoms with Crippen molar-refractivity contribution in [3.8, 4) is 0 Å². The van der Waals surface area contributed by atoms with Crippen molar-refractivity contribution in [2.45, 2.75) is 64.2 Å². The Bertz CT molecular complexity index is 230. The Morgan fingerprint density at radius 2 is 1.38 bits per heavy atom. The minimum Gasteiger partial charge on any atom is -0.0533 e. The summed E-state index contributed by atoms with van der Waals surface area (Å²) in [6, 6.07) is 0. The minimum absolute atomic E-state index is 1.10. The summed E-state index contributed by atoms with van der Waals surface area (Å²) in [6.07, 6.45) is 15.7. The first-order chi connectivity index (χ1) is 7.90. The summed E-state index contributed by atoms with van der Waals surface area (Å²) in [5.74, 6) is 7.68. The van der Waals surface area contributed by atoms with Crippen molar-refractivity contribution in [1.29, 1.82) is 0 Å². The molecule has 0 saturated heterocycles. The predicted octanol–water partition coefficient (Wildman–Crippen LogP) is 4.60. The molecule has 16 heavy (non-hydrogen) atoms. The van der Waals surface area contributed by atoms with E-state index in [0.29, 0.717) is 0 Å². The first-order valence-electron chi connectivity index (χ1n) is 7.74. The van der Waals surface area contributed by atoms with Crippen LogP contribution in [0.3, 0.4) is 0 Å². The second-order valence-electron chi connectivity index (χ2n) is 7.19. The van der Waals surface area contributed by atoms with Gasteiger partial charge in [-0.15, -0.1) is 0 Å². The van der Waals surface area contributed by atoms with Crippen LogP contribution in [0.2, 0.25) is 0 Å². The second-order valence-corrected chi connectivity index (χ2v) is 7.19. The van der Waals surface area contributed by atoms with Crippen LogP contribution >= 0.6 is 0 Å². The average Bonchev–Trinajstić information content (AvgIpc) is 2.29. The van der Waals surface area contributed by atoms with E-state index in [4.69, 9.17) is 0 Å². The molecular formula is C16H25. The summed E-state index contributed by atoms with van der Waals surface area (Å²) in [4.78, 5) is 0. The minimum atomic E-state index is 1.10. The van der Waals surface area contributed by atoms with Gasteiger partial charge in [-0.05, 0) is 67.6 Å². The molecule has 4 bridgehead atoms. The fourth-order valence-corrected chi connectivity index (χ4v) is 5.88. The smallest absolute Gasteiger partial charge is 0.0199 e. The summed E-state index contributed by atoms with van der Waals surface area (Å²) < 4.78 is 0. The molecule has 5 saturated carbocycles. The molecule has 5 aliphatic carbocycles. The van der Waals surface area contributed by atoms with Crippen molar-refractivity contribution in [2.75, 3.05) is 0 Å². The van der Waals surface area contributed by atoms with E-state index in [9.17, 15) is 0 Å². The van der Waals surface area contributed by atoms with E-state index in [-0.39, 0.29) is 0 Å². The topological polar surface area (TPSA) is 0 Å². The van der Waals surface area contributed by atoms with Gasteiger partial charge in [-0.3, -0.25) is 0 Å². The predicted molar refractivity (Wildman–Crippen MR) is 66.9 cm³/mol. The molecule has 0 spiro atoms. The molecule has 0 aromatic carbocycles. The van der Waals surface area contributed by atoms with E-state index in [1.165, 1.54) is 19.3 Å². The quantitative estimate of drug-likeness (QED) is 0.602. The summed E-state index contributed by atoms with van der Waals surface area (Å²) >= 11 is 0. The molecule has 0 aliphatic heterocycles. The van der Waals surface area contributed by atoms with Crippen molar-refractivity contribution in [1.82, 2.24) is 0 Å². The van der Waals surface area contributed by atoms with E-state index in [2.05, 4.69) is 5.92 Å². The molecule has 3 unspecified atom stereocenters. The van der Waals surface area contributed by atoms with Crippen LogP contribution in [0, 0.1) is 35.5 Å². The van der Waals surface area contributed by atoms with Gasteiger partial charge in [-0.1, -0.05) is 32.1 Å². The Morgan fingerprint density at radius 1 is 0.688 bits per heavy atom. The third-order valence-electron chi connectivity index (χ3n) is 6.18. The molecule has 0 heteroatoms. The molecule has 0 nitrogen and oxygen atoms in total. The van der Waals surface area contributed by atoms with Gasteiger partial charge in [0.2, 0.25) is 0 Å². The first kappa shape index (κ1) is 9.97. The summed E-state index contributed by atoms with van der Waals surface area (Å²) in [7, 11) is 0. The molecule has 0 aromatic rings. The zero-order valence-electron chi connectivity index (χ0n) is 10.5.